The molecular weight excluding hydrogens is 354 g/mol. The topological polar surface area (TPSA) is 66.1 Å². The molecule has 1 aliphatic carbocycles. The Morgan fingerprint density at radius 2 is 1.96 bits per heavy atom. The highest BCUT2D eigenvalue weighted by Gasteiger charge is 2.20. The molecule has 3 rings (SSSR count). The van der Waals surface area contributed by atoms with Crippen molar-refractivity contribution >= 4 is 39.2 Å². The van der Waals surface area contributed by atoms with Crippen LogP contribution in [0.1, 0.15) is 50.0 Å². The molecule has 5 nitrogen and oxygen atoms in total. The van der Waals surface area contributed by atoms with Crippen LogP contribution >= 0.6 is 23.1 Å². The Balaban J connectivity index is 1.76. The summed E-state index contributed by atoms with van der Waals surface area (Å²) in [4.78, 5) is 36.4. The number of aryl methyl sites for hydroxylation is 2. The highest BCUT2D eigenvalue weighted by molar-refractivity contribution is 7.99. The Morgan fingerprint density at radius 3 is 2.68 bits per heavy atom. The molecule has 0 fully saturated rings. The first-order valence-corrected chi connectivity index (χ1v) is 10.9. The number of thioether (sulfide) groups is 1. The number of hydrogen-bond donors (Lipinski definition) is 1. The predicted molar refractivity (Wildman–Crippen MR) is 105 cm³/mol. The first-order chi connectivity index (χ1) is 12.1. The monoisotopic (exact) mass is 379 g/mol. The summed E-state index contributed by atoms with van der Waals surface area (Å²) in [7, 11) is 0. The van der Waals surface area contributed by atoms with E-state index in [9.17, 15) is 9.59 Å². The van der Waals surface area contributed by atoms with Gasteiger partial charge < -0.3 is 9.88 Å². The zero-order valence-electron chi connectivity index (χ0n) is 14.9. The molecule has 1 amide bonds. The van der Waals surface area contributed by atoms with Crippen LogP contribution in [0.15, 0.2) is 9.95 Å². The number of aromatic nitrogens is 2. The van der Waals surface area contributed by atoms with Gasteiger partial charge in [-0.3, -0.25) is 9.59 Å². The molecule has 1 N–H and O–H groups in total. The van der Waals surface area contributed by atoms with E-state index in [1.807, 2.05) is 4.90 Å². The van der Waals surface area contributed by atoms with Crippen LogP contribution in [0, 0.1) is 0 Å². The summed E-state index contributed by atoms with van der Waals surface area (Å²) in [5.74, 6) is 0.432. The molecule has 7 heteroatoms. The van der Waals surface area contributed by atoms with Crippen LogP contribution in [0.3, 0.4) is 0 Å². The molecule has 0 bridgehead atoms. The van der Waals surface area contributed by atoms with Gasteiger partial charge in [-0.15, -0.1) is 11.3 Å². The fourth-order valence-electron chi connectivity index (χ4n) is 3.33. The quantitative estimate of drug-likeness (QED) is 0.590. The lowest BCUT2D eigenvalue weighted by molar-refractivity contribution is -0.128. The van der Waals surface area contributed by atoms with E-state index in [1.54, 1.807) is 11.3 Å². The van der Waals surface area contributed by atoms with Crippen LogP contribution in [0.5, 0.6) is 0 Å². The van der Waals surface area contributed by atoms with Crippen LogP contribution in [0.2, 0.25) is 0 Å². The fraction of sp³-hybridized carbons (Fsp3) is 0.611. The van der Waals surface area contributed by atoms with Crippen LogP contribution in [0.4, 0.5) is 0 Å². The zero-order valence-corrected chi connectivity index (χ0v) is 16.5. The molecular formula is C18H25N3O2S2. The van der Waals surface area contributed by atoms with Crippen molar-refractivity contribution in [1.82, 2.24) is 14.9 Å². The summed E-state index contributed by atoms with van der Waals surface area (Å²) in [6, 6.07) is 0. The second kappa shape index (κ2) is 8.36. The number of carbonyl (C=O) groups is 1. The molecule has 0 radical (unpaired) electrons. The number of hydrogen-bond acceptors (Lipinski definition) is 5. The van der Waals surface area contributed by atoms with E-state index in [1.165, 1.54) is 28.6 Å². The molecule has 136 valence electrons. The molecule has 0 saturated heterocycles. The van der Waals surface area contributed by atoms with E-state index in [2.05, 4.69) is 23.8 Å². The third-order valence-electron chi connectivity index (χ3n) is 4.48. The van der Waals surface area contributed by atoms with E-state index in [0.717, 1.165) is 55.4 Å². The van der Waals surface area contributed by atoms with Gasteiger partial charge in [-0.2, -0.15) is 0 Å². The maximum absolute atomic E-state index is 12.5. The molecule has 2 aromatic rings. The van der Waals surface area contributed by atoms with E-state index in [0.29, 0.717) is 10.9 Å². The SMILES string of the molecule is CCCN(CCC)C(=O)CSc1nc2sc3c(c2c(=O)[nH]1)CCCC3. The first-order valence-electron chi connectivity index (χ1n) is 9.09. The second-order valence-electron chi connectivity index (χ2n) is 6.43. The zero-order chi connectivity index (χ0) is 17.8. The number of nitrogens with one attached hydrogen (secondary N) is 1. The van der Waals surface area contributed by atoms with Crippen molar-refractivity contribution < 1.29 is 4.79 Å². The van der Waals surface area contributed by atoms with Crippen molar-refractivity contribution in [3.05, 3.63) is 20.8 Å². The van der Waals surface area contributed by atoms with Crippen molar-refractivity contribution in [3.8, 4) is 0 Å². The van der Waals surface area contributed by atoms with Gasteiger partial charge in [0.05, 0.1) is 11.1 Å². The molecule has 0 saturated carbocycles. The number of amides is 1. The smallest absolute Gasteiger partial charge is 0.260 e. The number of rotatable bonds is 7. The Bertz CT molecular complexity index is 806. The third-order valence-corrected chi connectivity index (χ3v) is 6.52. The van der Waals surface area contributed by atoms with Gasteiger partial charge in [-0.05, 0) is 44.1 Å². The predicted octanol–water partition coefficient (Wildman–Crippen LogP) is 3.60. The molecule has 2 aromatic heterocycles. The summed E-state index contributed by atoms with van der Waals surface area (Å²) in [6.07, 6.45) is 6.29. The summed E-state index contributed by atoms with van der Waals surface area (Å²) in [5, 5.41) is 1.33. The molecule has 0 spiro atoms. The third kappa shape index (κ3) is 4.08. The van der Waals surface area contributed by atoms with Gasteiger partial charge in [-0.25, -0.2) is 4.98 Å². The molecule has 25 heavy (non-hydrogen) atoms. The fourth-order valence-corrected chi connectivity index (χ4v) is 5.42. The van der Waals surface area contributed by atoms with E-state index in [-0.39, 0.29) is 11.5 Å². The number of thiophene rings is 1. The minimum Gasteiger partial charge on any atom is -0.342 e. The van der Waals surface area contributed by atoms with Gasteiger partial charge in [0.1, 0.15) is 4.83 Å². The minimum atomic E-state index is -0.0571. The number of aromatic amines is 1. The van der Waals surface area contributed by atoms with Crippen LogP contribution in [-0.2, 0) is 17.6 Å². The highest BCUT2D eigenvalue weighted by atomic mass is 32.2. The Kier molecular flexibility index (Phi) is 6.17. The molecule has 0 aromatic carbocycles. The average molecular weight is 380 g/mol. The number of H-pyrrole nitrogens is 1. The van der Waals surface area contributed by atoms with Crippen molar-refractivity contribution in [2.75, 3.05) is 18.8 Å². The maximum Gasteiger partial charge on any atom is 0.260 e. The van der Waals surface area contributed by atoms with Crippen molar-refractivity contribution in [1.29, 1.82) is 0 Å². The standard InChI is InChI=1S/C18H25N3O2S2/c1-3-9-21(10-4-2)14(22)11-24-18-19-16(23)15-12-7-5-6-8-13(12)25-17(15)20-18/h3-11H2,1-2H3,(H,19,20,23). The van der Waals surface area contributed by atoms with Gasteiger partial charge in [0, 0.05) is 18.0 Å². The highest BCUT2D eigenvalue weighted by Crippen LogP contribution is 2.34. The van der Waals surface area contributed by atoms with Crippen molar-refractivity contribution in [2.24, 2.45) is 0 Å². The summed E-state index contributed by atoms with van der Waals surface area (Å²) >= 11 is 2.98. The number of carbonyl (C=O) groups excluding carboxylic acids is 1. The Morgan fingerprint density at radius 1 is 1.24 bits per heavy atom. The van der Waals surface area contributed by atoms with E-state index in [4.69, 9.17) is 0 Å². The largest absolute Gasteiger partial charge is 0.342 e. The summed E-state index contributed by atoms with van der Waals surface area (Å²) < 4.78 is 0. The maximum atomic E-state index is 12.5. The number of fused-ring (bicyclic) bond motifs is 3. The second-order valence-corrected chi connectivity index (χ2v) is 8.48. The van der Waals surface area contributed by atoms with Gasteiger partial charge >= 0.3 is 0 Å². The normalized spacial score (nSPS) is 13.8. The first kappa shape index (κ1) is 18.5. The lowest BCUT2D eigenvalue weighted by Gasteiger charge is -2.21. The van der Waals surface area contributed by atoms with Gasteiger partial charge in [0.15, 0.2) is 5.16 Å². The van der Waals surface area contributed by atoms with Gasteiger partial charge in [0.25, 0.3) is 5.56 Å². The Hall–Kier alpha value is -1.34. The molecule has 2 heterocycles. The summed E-state index contributed by atoms with van der Waals surface area (Å²) in [6.45, 7) is 5.73. The lowest BCUT2D eigenvalue weighted by atomic mass is 9.97. The van der Waals surface area contributed by atoms with Crippen LogP contribution in [0.25, 0.3) is 10.2 Å². The Labute approximate surface area is 156 Å². The summed E-state index contributed by atoms with van der Waals surface area (Å²) in [5.41, 5.74) is 1.14. The van der Waals surface area contributed by atoms with Crippen LogP contribution in [-0.4, -0.2) is 39.6 Å². The van der Waals surface area contributed by atoms with Gasteiger partial charge in [-0.1, -0.05) is 25.6 Å². The molecule has 0 atom stereocenters. The molecule has 0 aliphatic heterocycles. The van der Waals surface area contributed by atoms with Gasteiger partial charge in [0.2, 0.25) is 5.91 Å². The van der Waals surface area contributed by atoms with E-state index >= 15 is 0 Å². The lowest BCUT2D eigenvalue weighted by Crippen LogP contribution is -2.33. The van der Waals surface area contributed by atoms with Crippen LogP contribution < -0.4 is 5.56 Å². The average Bonchev–Trinajstić information content (AvgIpc) is 2.98. The minimum absolute atomic E-state index is 0.0571. The number of nitrogens with zero attached hydrogens (tertiary/aromatic N) is 2. The molecule has 1 aliphatic rings. The molecule has 0 unspecified atom stereocenters. The van der Waals surface area contributed by atoms with E-state index < -0.39 is 0 Å². The van der Waals surface area contributed by atoms with Crippen molar-refractivity contribution in [2.45, 2.75) is 57.5 Å². The van der Waals surface area contributed by atoms with Crippen molar-refractivity contribution in [3.63, 3.8) is 0 Å².